The maximum Gasteiger partial charge on any atom is 0.350 e. The third-order valence-electron chi connectivity index (χ3n) is 2.74. The average molecular weight is 317 g/mol. The van der Waals surface area contributed by atoms with Crippen molar-refractivity contribution in [3.05, 3.63) is 41.6 Å². The molecule has 1 amide bonds. The number of hydrogen-bond acceptors (Lipinski definition) is 6. The number of nitriles is 1. The van der Waals surface area contributed by atoms with Crippen molar-refractivity contribution in [3.63, 3.8) is 0 Å². The number of carbonyl (C=O) groups is 2. The highest BCUT2D eigenvalue weighted by molar-refractivity contribution is 5.95. The molecular weight excluding hydrogens is 298 g/mol. The average Bonchev–Trinajstić information content (AvgIpc) is 2.56. The molecule has 0 bridgehead atoms. The molecule has 0 spiro atoms. The van der Waals surface area contributed by atoms with Gasteiger partial charge < -0.3 is 20.1 Å². The van der Waals surface area contributed by atoms with Crippen LogP contribution in [0.15, 0.2) is 36.0 Å². The summed E-state index contributed by atoms with van der Waals surface area (Å²) in [4.78, 5) is 23.2. The molecule has 0 aromatic heterocycles. The molecule has 23 heavy (non-hydrogen) atoms. The third-order valence-corrected chi connectivity index (χ3v) is 2.74. The summed E-state index contributed by atoms with van der Waals surface area (Å²) < 4.78 is 9.60. The van der Waals surface area contributed by atoms with Crippen LogP contribution in [-0.2, 0) is 14.3 Å². The zero-order chi connectivity index (χ0) is 17.1. The van der Waals surface area contributed by atoms with E-state index in [2.05, 4.69) is 10.6 Å². The number of anilines is 1. The summed E-state index contributed by atoms with van der Waals surface area (Å²) in [7, 11) is 1.56. The minimum absolute atomic E-state index is 0.131. The van der Waals surface area contributed by atoms with Crippen LogP contribution in [-0.4, -0.2) is 38.7 Å². The summed E-state index contributed by atoms with van der Waals surface area (Å²) in [5, 5.41) is 14.4. The molecule has 0 heterocycles. The van der Waals surface area contributed by atoms with Gasteiger partial charge in [0.15, 0.2) is 5.57 Å². The Labute approximate surface area is 134 Å². The Hall–Kier alpha value is -2.85. The monoisotopic (exact) mass is 317 g/mol. The number of hydrogen-bond donors (Lipinski definition) is 2. The quantitative estimate of drug-likeness (QED) is 0.326. The molecule has 7 nitrogen and oxygen atoms in total. The van der Waals surface area contributed by atoms with Crippen molar-refractivity contribution in [2.45, 2.75) is 6.92 Å². The smallest absolute Gasteiger partial charge is 0.350 e. The van der Waals surface area contributed by atoms with Crippen LogP contribution in [0.2, 0.25) is 0 Å². The van der Waals surface area contributed by atoms with Crippen molar-refractivity contribution in [2.75, 3.05) is 32.2 Å². The number of amides is 1. The molecule has 0 aliphatic carbocycles. The number of esters is 1. The Morgan fingerprint density at radius 2 is 2.00 bits per heavy atom. The predicted molar refractivity (Wildman–Crippen MR) is 84.6 cm³/mol. The zero-order valence-corrected chi connectivity index (χ0v) is 13.1. The van der Waals surface area contributed by atoms with Gasteiger partial charge in [0.1, 0.15) is 6.07 Å². The fourth-order valence-corrected chi connectivity index (χ4v) is 1.59. The lowest BCUT2D eigenvalue weighted by atomic mass is 10.2. The fraction of sp³-hybridized carbons (Fsp3) is 0.312. The van der Waals surface area contributed by atoms with Crippen LogP contribution in [0.5, 0.6) is 0 Å². The van der Waals surface area contributed by atoms with E-state index in [-0.39, 0.29) is 18.1 Å². The minimum Gasteiger partial charge on any atom is -0.462 e. The van der Waals surface area contributed by atoms with E-state index in [0.717, 1.165) is 0 Å². The molecule has 0 saturated carbocycles. The summed E-state index contributed by atoms with van der Waals surface area (Å²) in [6, 6.07) is 8.37. The molecule has 7 heteroatoms. The van der Waals surface area contributed by atoms with E-state index in [9.17, 15) is 9.59 Å². The topological polar surface area (TPSA) is 100 Å². The van der Waals surface area contributed by atoms with Crippen molar-refractivity contribution in [2.24, 2.45) is 0 Å². The summed E-state index contributed by atoms with van der Waals surface area (Å²) >= 11 is 0. The highest BCUT2D eigenvalue weighted by Gasteiger charge is 2.09. The first kappa shape index (κ1) is 18.2. The van der Waals surface area contributed by atoms with Gasteiger partial charge in [-0.2, -0.15) is 5.26 Å². The minimum atomic E-state index is -0.684. The molecule has 0 fully saturated rings. The van der Waals surface area contributed by atoms with E-state index in [1.54, 1.807) is 44.4 Å². The predicted octanol–water partition coefficient (Wildman–Crippen LogP) is 1.45. The highest BCUT2D eigenvalue weighted by atomic mass is 16.5. The highest BCUT2D eigenvalue weighted by Crippen LogP contribution is 2.10. The van der Waals surface area contributed by atoms with Crippen LogP contribution in [0.4, 0.5) is 5.69 Å². The van der Waals surface area contributed by atoms with E-state index >= 15 is 0 Å². The van der Waals surface area contributed by atoms with E-state index in [4.69, 9.17) is 14.7 Å². The van der Waals surface area contributed by atoms with Gasteiger partial charge in [0.05, 0.1) is 13.2 Å². The Balaban J connectivity index is 2.65. The second kappa shape index (κ2) is 9.97. The van der Waals surface area contributed by atoms with Crippen molar-refractivity contribution in [1.82, 2.24) is 5.32 Å². The maximum absolute atomic E-state index is 11.8. The van der Waals surface area contributed by atoms with Gasteiger partial charge in [0.2, 0.25) is 0 Å². The molecule has 0 saturated heterocycles. The molecular formula is C16H19N3O4. The van der Waals surface area contributed by atoms with Crippen LogP contribution in [0.1, 0.15) is 17.3 Å². The summed E-state index contributed by atoms with van der Waals surface area (Å²) in [5.74, 6) is -0.884. The van der Waals surface area contributed by atoms with Crippen LogP contribution in [0.3, 0.4) is 0 Å². The standard InChI is InChI=1S/C16H19N3O4/c1-3-23-16(21)13(10-17)11-19-14-6-4-12(5-7-14)15(20)18-8-9-22-2/h4-7,11,19H,3,8-9H2,1-2H3,(H,18,20)/b13-11+. The van der Waals surface area contributed by atoms with Crippen LogP contribution < -0.4 is 10.6 Å². The normalized spacial score (nSPS) is 10.6. The number of methoxy groups -OCH3 is 1. The molecule has 2 N–H and O–H groups in total. The molecule has 0 radical (unpaired) electrons. The van der Waals surface area contributed by atoms with Gasteiger partial charge in [-0.25, -0.2) is 4.79 Å². The van der Waals surface area contributed by atoms with Gasteiger partial charge in [-0.15, -0.1) is 0 Å². The molecule has 0 aliphatic heterocycles. The lowest BCUT2D eigenvalue weighted by Gasteiger charge is -2.06. The van der Waals surface area contributed by atoms with Crippen LogP contribution >= 0.6 is 0 Å². The first-order valence-electron chi connectivity index (χ1n) is 7.03. The number of nitrogens with one attached hydrogen (secondary N) is 2. The number of benzene rings is 1. The van der Waals surface area contributed by atoms with Crippen LogP contribution in [0.25, 0.3) is 0 Å². The van der Waals surface area contributed by atoms with Gasteiger partial charge in [-0.1, -0.05) is 0 Å². The van der Waals surface area contributed by atoms with Gasteiger partial charge in [0, 0.05) is 31.1 Å². The molecule has 122 valence electrons. The SMILES string of the molecule is CCOC(=O)/C(C#N)=C/Nc1ccc(C(=O)NCCOC)cc1. The number of rotatable bonds is 8. The van der Waals surface area contributed by atoms with Gasteiger partial charge >= 0.3 is 5.97 Å². The maximum atomic E-state index is 11.8. The van der Waals surface area contributed by atoms with Crippen LogP contribution in [0, 0.1) is 11.3 Å². The second-order valence-electron chi connectivity index (χ2n) is 4.36. The Kier molecular flexibility index (Phi) is 7.89. The largest absolute Gasteiger partial charge is 0.462 e. The second-order valence-corrected chi connectivity index (χ2v) is 4.36. The lowest BCUT2D eigenvalue weighted by Crippen LogP contribution is -2.26. The van der Waals surface area contributed by atoms with Crippen molar-refractivity contribution < 1.29 is 19.1 Å². The molecule has 0 atom stereocenters. The Morgan fingerprint density at radius 1 is 1.30 bits per heavy atom. The molecule has 1 aromatic rings. The molecule has 1 rings (SSSR count). The first-order valence-corrected chi connectivity index (χ1v) is 7.03. The third kappa shape index (κ3) is 6.20. The van der Waals surface area contributed by atoms with E-state index < -0.39 is 5.97 Å². The first-order chi connectivity index (χ1) is 11.1. The Bertz CT molecular complexity index is 603. The fourth-order valence-electron chi connectivity index (χ4n) is 1.59. The zero-order valence-electron chi connectivity index (χ0n) is 13.1. The molecule has 0 aliphatic rings. The Morgan fingerprint density at radius 3 is 2.57 bits per heavy atom. The van der Waals surface area contributed by atoms with Crippen molar-refractivity contribution in [3.8, 4) is 6.07 Å². The number of carbonyl (C=O) groups excluding carboxylic acids is 2. The lowest BCUT2D eigenvalue weighted by molar-refractivity contribution is -0.138. The van der Waals surface area contributed by atoms with Crippen molar-refractivity contribution in [1.29, 1.82) is 5.26 Å². The van der Waals surface area contributed by atoms with Gasteiger partial charge in [-0.05, 0) is 31.2 Å². The van der Waals surface area contributed by atoms with E-state index in [0.29, 0.717) is 24.4 Å². The summed E-state index contributed by atoms with van der Waals surface area (Å²) in [6.45, 7) is 2.74. The molecule has 1 aromatic carbocycles. The summed E-state index contributed by atoms with van der Waals surface area (Å²) in [5.41, 5.74) is 1.00. The van der Waals surface area contributed by atoms with Gasteiger partial charge in [0.25, 0.3) is 5.91 Å². The summed E-state index contributed by atoms with van der Waals surface area (Å²) in [6.07, 6.45) is 1.27. The molecule has 0 unspecified atom stereocenters. The number of nitrogens with zero attached hydrogens (tertiary/aromatic N) is 1. The van der Waals surface area contributed by atoms with E-state index in [1.165, 1.54) is 6.20 Å². The van der Waals surface area contributed by atoms with Gasteiger partial charge in [-0.3, -0.25) is 4.79 Å². The number of ether oxygens (including phenoxy) is 2. The van der Waals surface area contributed by atoms with Crippen molar-refractivity contribution >= 4 is 17.6 Å². The van der Waals surface area contributed by atoms with E-state index in [1.807, 2.05) is 0 Å².